The summed E-state index contributed by atoms with van der Waals surface area (Å²) in [6, 6.07) is 7.95. The van der Waals surface area contributed by atoms with E-state index in [-0.39, 0.29) is 11.9 Å². The van der Waals surface area contributed by atoms with E-state index in [9.17, 15) is 4.79 Å². The molecule has 0 saturated carbocycles. The fourth-order valence-corrected chi connectivity index (χ4v) is 5.95. The highest BCUT2D eigenvalue weighted by atomic mass is 32.1. The number of carbonyl (C=O) groups excluding carboxylic acids is 1. The van der Waals surface area contributed by atoms with E-state index in [0.717, 1.165) is 85.6 Å². The lowest BCUT2D eigenvalue weighted by Crippen LogP contribution is -2.48. The van der Waals surface area contributed by atoms with Crippen molar-refractivity contribution >= 4 is 44.4 Å². The molecule has 5 rings (SSSR count). The van der Waals surface area contributed by atoms with Crippen molar-refractivity contribution in [3.05, 3.63) is 48.2 Å². The molecule has 0 radical (unpaired) electrons. The van der Waals surface area contributed by atoms with Crippen LogP contribution in [0.5, 0.6) is 0 Å². The Hall–Kier alpha value is -3.12. The number of carbonyl (C=O) groups is 1. The molecule has 38 heavy (non-hydrogen) atoms. The molecular weight excluding hydrogens is 500 g/mol. The number of thiazole rings is 1. The summed E-state index contributed by atoms with van der Waals surface area (Å²) in [5.41, 5.74) is 8.31. The van der Waals surface area contributed by atoms with Gasteiger partial charge in [-0.05, 0) is 56.8 Å². The van der Waals surface area contributed by atoms with Gasteiger partial charge in [0.25, 0.3) is 0 Å². The Morgan fingerprint density at radius 2 is 2.08 bits per heavy atom. The lowest BCUT2D eigenvalue weighted by atomic mass is 10.0. The minimum absolute atomic E-state index is 0.0149. The number of piperidine rings is 1. The quantitative estimate of drug-likeness (QED) is 0.435. The summed E-state index contributed by atoms with van der Waals surface area (Å²) in [6.45, 7) is 6.11. The minimum atomic E-state index is 0.0149. The van der Waals surface area contributed by atoms with Crippen molar-refractivity contribution in [1.29, 1.82) is 0 Å². The zero-order valence-electron chi connectivity index (χ0n) is 22.1. The molecule has 0 aliphatic carbocycles. The van der Waals surface area contributed by atoms with Crippen molar-refractivity contribution < 1.29 is 9.53 Å². The van der Waals surface area contributed by atoms with Gasteiger partial charge in [0.2, 0.25) is 5.91 Å². The summed E-state index contributed by atoms with van der Waals surface area (Å²) in [4.78, 5) is 36.6. The zero-order valence-corrected chi connectivity index (χ0v) is 22.9. The fraction of sp³-hybridized carbons (Fsp3) is 0.481. The first-order valence-electron chi connectivity index (χ1n) is 13.1. The molecule has 10 nitrogen and oxygen atoms in total. The lowest BCUT2D eigenvalue weighted by Gasteiger charge is -2.38. The number of nitrogens with two attached hydrogens (primary N) is 1. The van der Waals surface area contributed by atoms with E-state index in [0.29, 0.717) is 12.4 Å². The zero-order chi connectivity index (χ0) is 26.5. The van der Waals surface area contributed by atoms with Crippen molar-refractivity contribution in [2.45, 2.75) is 25.4 Å². The number of ether oxygens (including phenoxy) is 1. The number of likely N-dealkylation sites (N-methyl/N-ethyl adjacent to an activating group) is 1. The molecule has 2 aliphatic heterocycles. The Bertz CT molecular complexity index is 1240. The Balaban J connectivity index is 1.46. The molecule has 3 aromatic rings. The summed E-state index contributed by atoms with van der Waals surface area (Å²) in [5, 5.41) is 0.816. The second kappa shape index (κ2) is 12.2. The molecule has 3 aromatic heterocycles. The van der Waals surface area contributed by atoms with Crippen molar-refractivity contribution in [3.8, 4) is 0 Å². The predicted octanol–water partition coefficient (Wildman–Crippen LogP) is 2.75. The largest absolute Gasteiger partial charge is 0.384 e. The highest BCUT2D eigenvalue weighted by molar-refractivity contribution is 7.21. The number of anilines is 3. The number of amides is 1. The average molecular weight is 537 g/mol. The molecule has 0 bridgehead atoms. The van der Waals surface area contributed by atoms with Crippen molar-refractivity contribution in [3.63, 3.8) is 0 Å². The predicted molar refractivity (Wildman–Crippen MR) is 152 cm³/mol. The monoisotopic (exact) mass is 536 g/mol. The Kier molecular flexibility index (Phi) is 8.48. The van der Waals surface area contributed by atoms with E-state index in [1.807, 2.05) is 48.2 Å². The third-order valence-electron chi connectivity index (χ3n) is 6.81. The summed E-state index contributed by atoms with van der Waals surface area (Å²) in [7, 11) is 3.98. The number of hydrogen-bond donors (Lipinski definition) is 1. The maximum Gasteiger partial charge on any atom is 0.246 e. The van der Waals surface area contributed by atoms with Gasteiger partial charge in [-0.1, -0.05) is 17.4 Å². The number of nitrogen functional groups attached to an aromatic ring is 1. The van der Waals surface area contributed by atoms with Crippen LogP contribution in [0.1, 0.15) is 18.4 Å². The van der Waals surface area contributed by atoms with Crippen LogP contribution in [0, 0.1) is 0 Å². The number of morpholine rings is 1. The average Bonchev–Trinajstić information content (AvgIpc) is 3.32. The molecule has 11 heteroatoms. The van der Waals surface area contributed by atoms with Gasteiger partial charge < -0.3 is 20.3 Å². The lowest BCUT2D eigenvalue weighted by molar-refractivity contribution is -0.127. The van der Waals surface area contributed by atoms with Crippen molar-refractivity contribution in [2.24, 2.45) is 0 Å². The molecule has 1 amide bonds. The molecule has 1 unspecified atom stereocenters. The normalized spacial score (nSPS) is 19.0. The summed E-state index contributed by atoms with van der Waals surface area (Å²) >= 11 is 1.54. The smallest absolute Gasteiger partial charge is 0.246 e. The van der Waals surface area contributed by atoms with Crippen LogP contribution in [0.25, 0.3) is 10.3 Å². The number of hydrogen-bond acceptors (Lipinski definition) is 10. The second-order valence-electron chi connectivity index (χ2n) is 10.1. The third kappa shape index (κ3) is 6.47. The number of aromatic nitrogens is 3. The van der Waals surface area contributed by atoms with Gasteiger partial charge in [-0.15, -0.1) is 0 Å². The fourth-order valence-electron chi connectivity index (χ4n) is 4.96. The molecule has 5 heterocycles. The van der Waals surface area contributed by atoms with E-state index in [4.69, 9.17) is 20.4 Å². The Morgan fingerprint density at radius 3 is 2.87 bits per heavy atom. The van der Waals surface area contributed by atoms with Crippen LogP contribution in [-0.4, -0.2) is 102 Å². The molecule has 202 valence electrons. The third-order valence-corrected chi connectivity index (χ3v) is 7.79. The van der Waals surface area contributed by atoms with Crippen LogP contribution in [0.4, 0.5) is 16.8 Å². The molecule has 2 aliphatic rings. The van der Waals surface area contributed by atoms with Gasteiger partial charge in [-0.3, -0.25) is 14.6 Å². The Labute approximate surface area is 227 Å². The Morgan fingerprint density at radius 1 is 1.24 bits per heavy atom. The number of rotatable bonds is 8. The molecular formula is C27H36N8O2S. The van der Waals surface area contributed by atoms with Crippen LogP contribution in [0.2, 0.25) is 0 Å². The van der Waals surface area contributed by atoms with Crippen LogP contribution < -0.4 is 10.6 Å². The molecule has 0 aromatic carbocycles. The van der Waals surface area contributed by atoms with Crippen molar-refractivity contribution in [1.82, 2.24) is 29.7 Å². The molecule has 2 fully saturated rings. The number of likely N-dealkylation sites (tertiary alicyclic amines) is 1. The van der Waals surface area contributed by atoms with Gasteiger partial charge in [-0.25, -0.2) is 15.0 Å². The van der Waals surface area contributed by atoms with Gasteiger partial charge in [0.1, 0.15) is 22.0 Å². The van der Waals surface area contributed by atoms with Gasteiger partial charge in [0, 0.05) is 51.5 Å². The van der Waals surface area contributed by atoms with E-state index in [2.05, 4.69) is 20.9 Å². The van der Waals surface area contributed by atoms with E-state index >= 15 is 0 Å². The van der Waals surface area contributed by atoms with Crippen LogP contribution in [-0.2, 0) is 16.1 Å². The van der Waals surface area contributed by atoms with E-state index in [1.165, 1.54) is 0 Å². The summed E-state index contributed by atoms with van der Waals surface area (Å²) < 4.78 is 5.52. The van der Waals surface area contributed by atoms with Gasteiger partial charge >= 0.3 is 0 Å². The van der Waals surface area contributed by atoms with Crippen LogP contribution in [0.15, 0.2) is 42.6 Å². The van der Waals surface area contributed by atoms with Crippen molar-refractivity contribution in [2.75, 3.05) is 70.7 Å². The topological polar surface area (TPSA) is 104 Å². The molecule has 2 N–H and O–H groups in total. The minimum Gasteiger partial charge on any atom is -0.384 e. The number of fused-ring (bicyclic) bond motifs is 1. The summed E-state index contributed by atoms with van der Waals surface area (Å²) in [6.07, 6.45) is 7.22. The second-order valence-corrected chi connectivity index (χ2v) is 11.0. The van der Waals surface area contributed by atoms with Crippen LogP contribution in [0.3, 0.4) is 0 Å². The van der Waals surface area contributed by atoms with Crippen LogP contribution >= 0.6 is 11.3 Å². The van der Waals surface area contributed by atoms with Gasteiger partial charge in [0.15, 0.2) is 5.13 Å². The maximum absolute atomic E-state index is 13.0. The highest BCUT2D eigenvalue weighted by Crippen LogP contribution is 2.36. The maximum atomic E-state index is 13.0. The standard InChI is InChI=1S/C27H36N8O2S/c1-32(2)10-5-8-25(36)34-11-4-6-21(19-34)35(27-30-22-7-3-9-29-26(22)38-27)24-17-20(16-23(28)31-24)18-33-12-14-37-15-13-33/h3,5,7-9,16-17,21H,4,6,10-15,18-19H2,1-2H3,(H2,28,31)/b8-5+. The molecule has 0 spiro atoms. The first-order chi connectivity index (χ1) is 18.5. The first-order valence-corrected chi connectivity index (χ1v) is 14.0. The summed E-state index contributed by atoms with van der Waals surface area (Å²) in [5.74, 6) is 1.27. The first kappa shape index (κ1) is 26.5. The highest BCUT2D eigenvalue weighted by Gasteiger charge is 2.31. The van der Waals surface area contributed by atoms with E-state index in [1.54, 1.807) is 23.6 Å². The number of pyridine rings is 2. The SMILES string of the molecule is CN(C)C/C=C/C(=O)N1CCCC(N(c2cc(CN3CCOCC3)cc(N)n2)c2nc3cccnc3s2)C1. The van der Waals surface area contributed by atoms with Gasteiger partial charge in [-0.2, -0.15) is 0 Å². The number of nitrogens with zero attached hydrogens (tertiary/aromatic N) is 7. The molecule has 2 saturated heterocycles. The van der Waals surface area contributed by atoms with Gasteiger partial charge in [0.05, 0.1) is 19.3 Å². The molecule has 1 atom stereocenters. The van der Waals surface area contributed by atoms with E-state index < -0.39 is 0 Å².